The molecule has 184 valence electrons. The van der Waals surface area contributed by atoms with E-state index in [1.165, 1.54) is 0 Å². The number of halogens is 1. The smallest absolute Gasteiger partial charge is 0.290 e. The number of hydrogen-bond acceptors (Lipinski definition) is 5. The number of carbonyl (C=O) groups is 1. The van der Waals surface area contributed by atoms with Crippen molar-refractivity contribution in [3.05, 3.63) is 103 Å². The van der Waals surface area contributed by atoms with E-state index in [1.807, 2.05) is 50.2 Å². The van der Waals surface area contributed by atoms with E-state index in [9.17, 15) is 9.59 Å². The standard InChI is InChI=1S/C29H26ClNO5/c1-16-12-17(2)24-23(13-16)36-28-25(27(24)32)26(19-6-5-7-20(30)15-19)31(29(28)33)11-10-18-8-9-21(34-3)22(14-18)35-4/h5-9,12-15,26H,10-11H2,1-4H3. The summed E-state index contributed by atoms with van der Waals surface area (Å²) in [6.45, 7) is 4.19. The van der Waals surface area contributed by atoms with Crippen LogP contribution in [0.4, 0.5) is 0 Å². The van der Waals surface area contributed by atoms with E-state index in [0.717, 1.165) is 22.3 Å². The largest absolute Gasteiger partial charge is 0.493 e. The Bertz CT molecular complexity index is 1560. The summed E-state index contributed by atoms with van der Waals surface area (Å²) < 4.78 is 16.9. The highest BCUT2D eigenvalue weighted by molar-refractivity contribution is 6.30. The molecule has 5 rings (SSSR count). The van der Waals surface area contributed by atoms with Gasteiger partial charge in [0.15, 0.2) is 16.9 Å². The van der Waals surface area contributed by atoms with Crippen LogP contribution in [0.5, 0.6) is 11.5 Å². The molecule has 0 aliphatic carbocycles. The number of aryl methyl sites for hydroxylation is 2. The van der Waals surface area contributed by atoms with Crippen molar-refractivity contribution in [2.24, 2.45) is 0 Å². The third-order valence-corrected chi connectivity index (χ3v) is 6.90. The first-order chi connectivity index (χ1) is 17.3. The van der Waals surface area contributed by atoms with Crippen molar-refractivity contribution < 1.29 is 18.7 Å². The van der Waals surface area contributed by atoms with Gasteiger partial charge in [-0.3, -0.25) is 9.59 Å². The number of rotatable bonds is 6. The minimum atomic E-state index is -0.604. The molecule has 0 radical (unpaired) electrons. The lowest BCUT2D eigenvalue weighted by atomic mass is 9.96. The SMILES string of the molecule is COc1ccc(CCN2C(=O)c3oc4cc(C)cc(C)c4c(=O)c3C2c2cccc(Cl)c2)cc1OC. The lowest BCUT2D eigenvalue weighted by Crippen LogP contribution is -2.31. The zero-order valence-electron chi connectivity index (χ0n) is 20.6. The first kappa shape index (κ1) is 23.9. The molecule has 1 aliphatic rings. The fourth-order valence-corrected chi connectivity index (χ4v) is 5.25. The van der Waals surface area contributed by atoms with Crippen molar-refractivity contribution in [2.75, 3.05) is 20.8 Å². The summed E-state index contributed by atoms with van der Waals surface area (Å²) in [6, 6.07) is 16.1. The zero-order chi connectivity index (χ0) is 25.6. The number of benzene rings is 3. The van der Waals surface area contributed by atoms with Crippen molar-refractivity contribution in [3.8, 4) is 11.5 Å². The van der Waals surface area contributed by atoms with Gasteiger partial charge in [-0.25, -0.2) is 0 Å². The van der Waals surface area contributed by atoms with Gasteiger partial charge in [0.1, 0.15) is 5.58 Å². The molecule has 0 fully saturated rings. The first-order valence-electron chi connectivity index (χ1n) is 11.7. The lowest BCUT2D eigenvalue weighted by molar-refractivity contribution is 0.0730. The Labute approximate surface area is 214 Å². The van der Waals surface area contributed by atoms with E-state index in [0.29, 0.717) is 46.0 Å². The van der Waals surface area contributed by atoms with Gasteiger partial charge in [-0.1, -0.05) is 35.9 Å². The van der Waals surface area contributed by atoms with E-state index in [2.05, 4.69) is 0 Å². The number of amides is 1. The normalized spacial score (nSPS) is 14.9. The number of hydrogen-bond donors (Lipinski definition) is 0. The van der Waals surface area contributed by atoms with Crippen LogP contribution in [0.15, 0.2) is 63.8 Å². The molecule has 0 spiro atoms. The van der Waals surface area contributed by atoms with Crippen molar-refractivity contribution in [1.29, 1.82) is 0 Å². The molecule has 1 aliphatic heterocycles. The van der Waals surface area contributed by atoms with Gasteiger partial charge >= 0.3 is 0 Å². The summed E-state index contributed by atoms with van der Waals surface area (Å²) in [6.07, 6.45) is 0.545. The molecular weight excluding hydrogens is 478 g/mol. The summed E-state index contributed by atoms with van der Waals surface area (Å²) in [5.41, 5.74) is 4.12. The predicted octanol–water partition coefficient (Wildman–Crippen LogP) is 5.87. The van der Waals surface area contributed by atoms with Crippen LogP contribution in [0.2, 0.25) is 5.02 Å². The maximum absolute atomic E-state index is 13.8. The Morgan fingerprint density at radius 3 is 2.47 bits per heavy atom. The lowest BCUT2D eigenvalue weighted by Gasteiger charge is -2.25. The number of fused-ring (bicyclic) bond motifs is 2. The second-order valence-electron chi connectivity index (χ2n) is 9.02. The average molecular weight is 504 g/mol. The molecule has 36 heavy (non-hydrogen) atoms. The van der Waals surface area contributed by atoms with Gasteiger partial charge in [0.2, 0.25) is 5.76 Å². The van der Waals surface area contributed by atoms with Crippen molar-refractivity contribution >= 4 is 28.5 Å². The van der Waals surface area contributed by atoms with Crippen LogP contribution < -0.4 is 14.9 Å². The molecule has 0 N–H and O–H groups in total. The van der Waals surface area contributed by atoms with Gasteiger partial charge in [-0.15, -0.1) is 0 Å². The van der Waals surface area contributed by atoms with Crippen LogP contribution >= 0.6 is 11.6 Å². The van der Waals surface area contributed by atoms with Gasteiger partial charge in [0, 0.05) is 11.6 Å². The molecule has 0 saturated heterocycles. The molecule has 1 atom stereocenters. The van der Waals surface area contributed by atoms with E-state index >= 15 is 0 Å². The third kappa shape index (κ3) is 4.01. The fraction of sp³-hybridized carbons (Fsp3) is 0.241. The summed E-state index contributed by atoms with van der Waals surface area (Å²) in [5, 5.41) is 1.03. The summed E-state index contributed by atoms with van der Waals surface area (Å²) in [7, 11) is 3.17. The maximum Gasteiger partial charge on any atom is 0.290 e. The van der Waals surface area contributed by atoms with Gasteiger partial charge in [0.05, 0.1) is 31.2 Å². The third-order valence-electron chi connectivity index (χ3n) is 6.67. The molecular formula is C29H26ClNO5. The average Bonchev–Trinajstić information content (AvgIpc) is 3.13. The molecule has 1 amide bonds. The molecule has 0 bridgehead atoms. The number of nitrogens with zero attached hydrogens (tertiary/aromatic N) is 1. The minimum absolute atomic E-state index is 0.0924. The highest BCUT2D eigenvalue weighted by atomic mass is 35.5. The highest BCUT2D eigenvalue weighted by Gasteiger charge is 2.42. The van der Waals surface area contributed by atoms with Crippen LogP contribution in [0.1, 0.15) is 44.4 Å². The van der Waals surface area contributed by atoms with E-state index in [-0.39, 0.29) is 17.1 Å². The van der Waals surface area contributed by atoms with Crippen molar-refractivity contribution in [3.63, 3.8) is 0 Å². The fourth-order valence-electron chi connectivity index (χ4n) is 5.05. The molecule has 1 unspecified atom stereocenters. The topological polar surface area (TPSA) is 69.0 Å². The number of ether oxygens (including phenoxy) is 2. The van der Waals surface area contributed by atoms with E-state index < -0.39 is 6.04 Å². The van der Waals surface area contributed by atoms with Crippen LogP contribution in [0, 0.1) is 13.8 Å². The second-order valence-corrected chi connectivity index (χ2v) is 9.46. The Morgan fingerprint density at radius 2 is 1.75 bits per heavy atom. The van der Waals surface area contributed by atoms with E-state index in [4.69, 9.17) is 25.5 Å². The Kier molecular flexibility index (Phi) is 6.22. The maximum atomic E-state index is 13.8. The summed E-state index contributed by atoms with van der Waals surface area (Å²) >= 11 is 6.32. The van der Waals surface area contributed by atoms with Gasteiger partial charge in [-0.05, 0) is 72.9 Å². The Morgan fingerprint density at radius 1 is 0.972 bits per heavy atom. The monoisotopic (exact) mass is 503 g/mol. The molecule has 4 aromatic rings. The second kappa shape index (κ2) is 9.36. The van der Waals surface area contributed by atoms with Crippen molar-refractivity contribution in [1.82, 2.24) is 4.90 Å². The summed E-state index contributed by atoms with van der Waals surface area (Å²) in [5.74, 6) is 1.03. The van der Waals surface area contributed by atoms with Gasteiger partial charge in [0.25, 0.3) is 5.91 Å². The molecule has 1 aromatic heterocycles. The molecule has 2 heterocycles. The predicted molar refractivity (Wildman–Crippen MR) is 140 cm³/mol. The van der Waals surface area contributed by atoms with Crippen LogP contribution in [0.3, 0.4) is 0 Å². The molecule has 6 nitrogen and oxygen atoms in total. The summed E-state index contributed by atoms with van der Waals surface area (Å²) in [4.78, 5) is 29.2. The van der Waals surface area contributed by atoms with Crippen LogP contribution in [0.25, 0.3) is 11.0 Å². The van der Waals surface area contributed by atoms with Gasteiger partial charge in [-0.2, -0.15) is 0 Å². The van der Waals surface area contributed by atoms with E-state index in [1.54, 1.807) is 37.3 Å². The Balaban J connectivity index is 1.62. The van der Waals surface area contributed by atoms with Crippen LogP contribution in [-0.2, 0) is 6.42 Å². The molecule has 3 aromatic carbocycles. The number of carbonyl (C=O) groups excluding carboxylic acids is 1. The Hall–Kier alpha value is -3.77. The molecule has 7 heteroatoms. The van der Waals surface area contributed by atoms with Crippen LogP contribution in [-0.4, -0.2) is 31.6 Å². The van der Waals surface area contributed by atoms with Crippen molar-refractivity contribution in [2.45, 2.75) is 26.3 Å². The minimum Gasteiger partial charge on any atom is -0.493 e. The zero-order valence-corrected chi connectivity index (χ0v) is 21.3. The molecule has 0 saturated carbocycles. The first-order valence-corrected chi connectivity index (χ1v) is 12.1. The van der Waals surface area contributed by atoms with Gasteiger partial charge < -0.3 is 18.8 Å². The highest BCUT2D eigenvalue weighted by Crippen LogP contribution is 2.39. The number of methoxy groups -OCH3 is 2. The quantitative estimate of drug-likeness (QED) is 0.329.